The van der Waals surface area contributed by atoms with Crippen LogP contribution >= 0.6 is 0 Å². The minimum atomic E-state index is -3.09. The molecule has 0 radical (unpaired) electrons. The van der Waals surface area contributed by atoms with Gasteiger partial charge in [0.25, 0.3) is 11.0 Å². The van der Waals surface area contributed by atoms with Gasteiger partial charge in [-0.2, -0.15) is 0 Å². The summed E-state index contributed by atoms with van der Waals surface area (Å²) >= 11 is 0. The van der Waals surface area contributed by atoms with E-state index in [0.717, 1.165) is 18.9 Å². The molecule has 2 bridgehead atoms. The third kappa shape index (κ3) is 2.56. The summed E-state index contributed by atoms with van der Waals surface area (Å²) in [4.78, 5) is 23.5. The lowest BCUT2D eigenvalue weighted by Crippen LogP contribution is -2.62. The van der Waals surface area contributed by atoms with Gasteiger partial charge in [0.05, 0.1) is 0 Å². The van der Waals surface area contributed by atoms with E-state index in [2.05, 4.69) is 11.9 Å². The van der Waals surface area contributed by atoms with Gasteiger partial charge in [-0.3, -0.25) is 13.8 Å². The summed E-state index contributed by atoms with van der Waals surface area (Å²) in [5.74, 6) is -1.01. The second-order valence-corrected chi connectivity index (χ2v) is 7.83. The number of rotatable bonds is 6. The van der Waals surface area contributed by atoms with E-state index in [9.17, 15) is 18.0 Å². The molecule has 0 aromatic rings. The van der Waals surface area contributed by atoms with Gasteiger partial charge in [-0.15, -0.1) is 0 Å². The third-order valence-corrected chi connectivity index (χ3v) is 7.03. The Kier molecular flexibility index (Phi) is 4.85. The van der Waals surface area contributed by atoms with E-state index < -0.39 is 39.5 Å². The quantitative estimate of drug-likeness (QED) is 0.416. The summed E-state index contributed by atoms with van der Waals surface area (Å²) < 4.78 is 33.6. The van der Waals surface area contributed by atoms with Crippen LogP contribution in [0.1, 0.15) is 40.5 Å². The van der Waals surface area contributed by atoms with Gasteiger partial charge in [0.15, 0.2) is 0 Å². The van der Waals surface area contributed by atoms with Crippen molar-refractivity contribution in [3.05, 3.63) is 12.7 Å². The topological polar surface area (TPSA) is 98.8 Å². The second-order valence-electron chi connectivity index (χ2n) is 7.20. The first kappa shape index (κ1) is 18.9. The van der Waals surface area contributed by atoms with Crippen LogP contribution in [0.4, 0.5) is 0 Å². The van der Waals surface area contributed by atoms with Gasteiger partial charge >= 0.3 is 5.97 Å². The normalized spacial score (nSPS) is 40.5. The van der Waals surface area contributed by atoms with Crippen LogP contribution in [-0.2, 0) is 29.5 Å². The highest BCUT2D eigenvalue weighted by Crippen LogP contribution is 2.69. The zero-order valence-corrected chi connectivity index (χ0v) is 15.4. The summed E-state index contributed by atoms with van der Waals surface area (Å²) in [6.07, 6.45) is 2.69. The molecule has 0 aromatic carbocycles. The Labute approximate surface area is 143 Å². The Morgan fingerprint density at radius 2 is 1.96 bits per heavy atom. The monoisotopic (exact) mass is 359 g/mol. The van der Waals surface area contributed by atoms with E-state index in [1.165, 1.54) is 0 Å². The van der Waals surface area contributed by atoms with Gasteiger partial charge in [0.1, 0.15) is 17.7 Å². The maximum atomic E-state index is 12.2. The average Bonchev–Trinajstić information content (AvgIpc) is 2.85. The Balaban J connectivity index is 2.30. The number of nitrogens with one attached hydrogen (secondary N) is 1. The largest absolute Gasteiger partial charge is 0.454 e. The Morgan fingerprint density at radius 1 is 1.33 bits per heavy atom. The number of hydrogen-bond acceptors (Lipinski definition) is 6. The average molecular weight is 359 g/mol. The molecule has 1 N–H and O–H groups in total. The van der Waals surface area contributed by atoms with Crippen LogP contribution in [0, 0.1) is 17.3 Å². The van der Waals surface area contributed by atoms with Gasteiger partial charge in [-0.1, -0.05) is 20.4 Å². The first-order valence-corrected chi connectivity index (χ1v) is 9.07. The first-order chi connectivity index (χ1) is 11.0. The summed E-state index contributed by atoms with van der Waals surface area (Å²) in [5, 5.41) is 2.37. The van der Waals surface area contributed by atoms with Crippen molar-refractivity contribution >= 4 is 22.9 Å². The molecule has 2 rings (SSSR count). The summed E-state index contributed by atoms with van der Waals surface area (Å²) in [5.41, 5.74) is -2.66. The molecule has 2 fully saturated rings. The molecular formula is C16H25NO6S. The standard InChI is InChI=1S/C16H25NO6S/c1-6-12(18)17-9-13(19)22-16(5)14(3)8-7-11(10(14)2)15(16,4)23-24(20)21/h6,10-11,24H,1,7-9H2,2-5H3,(H,17,18). The van der Waals surface area contributed by atoms with Crippen molar-refractivity contribution in [3.63, 3.8) is 0 Å². The van der Waals surface area contributed by atoms with Crippen molar-refractivity contribution in [2.45, 2.75) is 51.7 Å². The van der Waals surface area contributed by atoms with E-state index in [-0.39, 0.29) is 18.4 Å². The van der Waals surface area contributed by atoms with Crippen molar-refractivity contribution < 1.29 is 26.9 Å². The van der Waals surface area contributed by atoms with E-state index in [0.29, 0.717) is 0 Å². The summed E-state index contributed by atoms with van der Waals surface area (Å²) in [7, 11) is -3.09. The number of thiol groups is 1. The Hall–Kier alpha value is -1.41. The van der Waals surface area contributed by atoms with Gasteiger partial charge < -0.3 is 10.1 Å². The van der Waals surface area contributed by atoms with E-state index >= 15 is 0 Å². The predicted octanol–water partition coefficient (Wildman–Crippen LogP) is 0.958. The molecule has 0 saturated heterocycles. The fraction of sp³-hybridized carbons (Fsp3) is 0.750. The van der Waals surface area contributed by atoms with Crippen LogP contribution in [-0.4, -0.2) is 38.0 Å². The first-order valence-electron chi connectivity index (χ1n) is 7.97. The van der Waals surface area contributed by atoms with Crippen LogP contribution in [0.3, 0.4) is 0 Å². The molecule has 24 heavy (non-hydrogen) atoms. The molecule has 5 atom stereocenters. The molecule has 136 valence electrons. The molecule has 0 aromatic heterocycles. The van der Waals surface area contributed by atoms with E-state index in [1.807, 2.05) is 13.8 Å². The van der Waals surface area contributed by atoms with Crippen molar-refractivity contribution in [2.75, 3.05) is 6.54 Å². The maximum absolute atomic E-state index is 12.2. The van der Waals surface area contributed by atoms with Crippen molar-refractivity contribution in [1.29, 1.82) is 0 Å². The number of hydrogen-bond donors (Lipinski definition) is 2. The van der Waals surface area contributed by atoms with Gasteiger partial charge in [-0.25, -0.2) is 8.42 Å². The number of esters is 1. The minimum Gasteiger partial charge on any atom is -0.454 e. The summed E-state index contributed by atoms with van der Waals surface area (Å²) in [6.45, 7) is 10.5. The lowest BCUT2D eigenvalue weighted by atomic mass is 9.66. The highest BCUT2D eigenvalue weighted by Gasteiger charge is 2.75. The predicted molar refractivity (Wildman–Crippen MR) is 87.5 cm³/mol. The molecule has 0 heterocycles. The van der Waals surface area contributed by atoms with Crippen LogP contribution < -0.4 is 5.32 Å². The molecule has 7 nitrogen and oxygen atoms in total. The van der Waals surface area contributed by atoms with Gasteiger partial charge in [0, 0.05) is 5.41 Å². The molecule has 1 amide bonds. The number of carbonyl (C=O) groups excluding carboxylic acids is 2. The van der Waals surface area contributed by atoms with Crippen molar-refractivity contribution in [1.82, 2.24) is 5.32 Å². The molecule has 0 aliphatic heterocycles. The zero-order chi connectivity index (χ0) is 18.3. The fourth-order valence-corrected chi connectivity index (χ4v) is 5.37. The molecule has 2 aliphatic rings. The maximum Gasteiger partial charge on any atom is 0.326 e. The SMILES string of the molecule is C=CC(=O)NCC(=O)OC1(C)C2(C)CCC(C2C)C1(C)O[SH](=O)=O. The lowest BCUT2D eigenvalue weighted by molar-refractivity contribution is -0.208. The Morgan fingerprint density at radius 3 is 2.50 bits per heavy atom. The van der Waals surface area contributed by atoms with Crippen molar-refractivity contribution in [3.8, 4) is 0 Å². The molecule has 5 unspecified atom stereocenters. The third-order valence-electron chi connectivity index (χ3n) is 6.50. The number of fused-ring (bicyclic) bond motifs is 2. The van der Waals surface area contributed by atoms with Crippen LogP contribution in [0.25, 0.3) is 0 Å². The van der Waals surface area contributed by atoms with Crippen LogP contribution in [0.15, 0.2) is 12.7 Å². The molecular weight excluding hydrogens is 334 g/mol. The van der Waals surface area contributed by atoms with Gasteiger partial charge in [-0.05, 0) is 44.6 Å². The van der Waals surface area contributed by atoms with Gasteiger partial charge in [0.2, 0.25) is 5.91 Å². The highest BCUT2D eigenvalue weighted by atomic mass is 32.2. The zero-order valence-electron chi connectivity index (χ0n) is 14.5. The molecule has 2 aliphatic carbocycles. The molecule has 8 heteroatoms. The smallest absolute Gasteiger partial charge is 0.326 e. The Bertz CT molecular complexity index is 638. The van der Waals surface area contributed by atoms with Crippen LogP contribution in [0.5, 0.6) is 0 Å². The molecule has 2 saturated carbocycles. The second kappa shape index (κ2) is 6.15. The summed E-state index contributed by atoms with van der Waals surface area (Å²) in [6, 6.07) is 0. The number of ether oxygens (including phenoxy) is 1. The van der Waals surface area contributed by atoms with E-state index in [1.54, 1.807) is 13.8 Å². The molecule has 0 spiro atoms. The minimum absolute atomic E-state index is 0.0315. The number of amides is 1. The van der Waals surface area contributed by atoms with Crippen LogP contribution in [0.2, 0.25) is 0 Å². The van der Waals surface area contributed by atoms with E-state index in [4.69, 9.17) is 8.92 Å². The fourth-order valence-electron chi connectivity index (χ4n) is 4.75. The highest BCUT2D eigenvalue weighted by molar-refractivity contribution is 7.67. The number of carbonyl (C=O) groups is 2. The lowest BCUT2D eigenvalue weighted by Gasteiger charge is -2.50. The van der Waals surface area contributed by atoms with Crippen molar-refractivity contribution in [2.24, 2.45) is 17.3 Å².